The molecule has 0 spiro atoms. The van der Waals surface area contributed by atoms with Gasteiger partial charge in [-0.05, 0) is 24.1 Å². The van der Waals surface area contributed by atoms with E-state index in [-0.39, 0.29) is 6.10 Å². The quantitative estimate of drug-likeness (QED) is 0.471. The van der Waals surface area contributed by atoms with Gasteiger partial charge in [-0.1, -0.05) is 6.58 Å². The number of halogens is 1. The molecule has 1 unspecified atom stereocenters. The minimum atomic E-state index is -0.436. The molecule has 1 heterocycles. The van der Waals surface area contributed by atoms with Crippen molar-refractivity contribution in [1.29, 1.82) is 0 Å². The lowest BCUT2D eigenvalue weighted by Gasteiger charge is -2.07. The Labute approximate surface area is 70.5 Å². The van der Waals surface area contributed by atoms with Gasteiger partial charge < -0.3 is 4.74 Å². The molecule has 0 N–H and O–H groups in total. The van der Waals surface area contributed by atoms with Crippen LogP contribution < -0.4 is 0 Å². The molecule has 3 heteroatoms. The lowest BCUT2D eigenvalue weighted by atomic mass is 10.1. The molecule has 0 bridgehead atoms. The van der Waals surface area contributed by atoms with Crippen LogP contribution in [0.4, 0.5) is 0 Å². The average molecular weight is 173 g/mol. The predicted molar refractivity (Wildman–Crippen MR) is 43.2 cm³/mol. The second-order valence-electron chi connectivity index (χ2n) is 2.59. The van der Waals surface area contributed by atoms with E-state index < -0.39 is 5.24 Å². The maximum atomic E-state index is 10.6. The van der Waals surface area contributed by atoms with Crippen molar-refractivity contribution in [3.63, 3.8) is 0 Å². The largest absolute Gasteiger partial charge is 0.493 e. The highest BCUT2D eigenvalue weighted by atomic mass is 35.5. The lowest BCUT2D eigenvalue weighted by Crippen LogP contribution is -2.06. The Bertz CT molecular complexity index is 230. The normalized spacial score (nSPS) is 22.4. The molecule has 2 nitrogen and oxygen atoms in total. The van der Waals surface area contributed by atoms with Gasteiger partial charge in [0.15, 0.2) is 0 Å². The molecule has 0 aromatic rings. The SMILES string of the molecule is C=C(C)C1CC(C(=O)Cl)=CO1. The molecule has 1 aliphatic rings. The maximum Gasteiger partial charge on any atom is 0.251 e. The van der Waals surface area contributed by atoms with Crippen LogP contribution in [0.5, 0.6) is 0 Å². The van der Waals surface area contributed by atoms with E-state index in [9.17, 15) is 4.79 Å². The van der Waals surface area contributed by atoms with Gasteiger partial charge in [0.1, 0.15) is 6.10 Å². The van der Waals surface area contributed by atoms with Gasteiger partial charge in [-0.2, -0.15) is 0 Å². The van der Waals surface area contributed by atoms with Crippen molar-refractivity contribution in [2.75, 3.05) is 0 Å². The van der Waals surface area contributed by atoms with Gasteiger partial charge in [0, 0.05) is 6.42 Å². The van der Waals surface area contributed by atoms with Crippen molar-refractivity contribution < 1.29 is 9.53 Å². The molecular formula is C8H9ClO2. The summed E-state index contributed by atoms with van der Waals surface area (Å²) < 4.78 is 5.12. The number of hydrogen-bond donors (Lipinski definition) is 0. The third kappa shape index (κ3) is 1.84. The second kappa shape index (κ2) is 3.09. The molecule has 0 aromatic carbocycles. The Kier molecular flexibility index (Phi) is 2.35. The van der Waals surface area contributed by atoms with Gasteiger partial charge in [-0.15, -0.1) is 0 Å². The molecule has 0 aliphatic carbocycles. The molecule has 0 saturated heterocycles. The molecule has 0 radical (unpaired) electrons. The van der Waals surface area contributed by atoms with E-state index in [1.165, 1.54) is 6.26 Å². The van der Waals surface area contributed by atoms with Gasteiger partial charge in [0.2, 0.25) is 0 Å². The molecule has 0 fully saturated rings. The zero-order valence-electron chi connectivity index (χ0n) is 6.26. The zero-order chi connectivity index (χ0) is 8.43. The number of hydrogen-bond acceptors (Lipinski definition) is 2. The van der Waals surface area contributed by atoms with Gasteiger partial charge in [0.05, 0.1) is 11.8 Å². The molecule has 60 valence electrons. The van der Waals surface area contributed by atoms with Gasteiger partial charge >= 0.3 is 0 Å². The van der Waals surface area contributed by atoms with Crippen molar-refractivity contribution in [2.24, 2.45) is 0 Å². The zero-order valence-corrected chi connectivity index (χ0v) is 7.02. The number of rotatable bonds is 2. The first-order valence-electron chi connectivity index (χ1n) is 3.31. The first kappa shape index (κ1) is 8.34. The number of carbonyl (C=O) groups excluding carboxylic acids is 1. The Morgan fingerprint density at radius 2 is 2.55 bits per heavy atom. The highest BCUT2D eigenvalue weighted by molar-refractivity contribution is 6.67. The molecule has 11 heavy (non-hydrogen) atoms. The number of ether oxygens (including phenoxy) is 1. The van der Waals surface area contributed by atoms with Crippen molar-refractivity contribution >= 4 is 16.8 Å². The summed E-state index contributed by atoms with van der Waals surface area (Å²) in [6, 6.07) is 0. The highest BCUT2D eigenvalue weighted by Crippen LogP contribution is 2.23. The van der Waals surface area contributed by atoms with Crippen molar-refractivity contribution in [2.45, 2.75) is 19.4 Å². The van der Waals surface area contributed by atoms with E-state index in [0.717, 1.165) is 5.57 Å². The van der Waals surface area contributed by atoms with E-state index in [1.807, 2.05) is 6.92 Å². The van der Waals surface area contributed by atoms with Gasteiger partial charge in [-0.25, -0.2) is 0 Å². The van der Waals surface area contributed by atoms with Crippen LogP contribution in [0.25, 0.3) is 0 Å². The van der Waals surface area contributed by atoms with Crippen LogP contribution in [0.15, 0.2) is 24.0 Å². The summed E-state index contributed by atoms with van der Waals surface area (Å²) in [5, 5.41) is -0.436. The van der Waals surface area contributed by atoms with Gasteiger partial charge in [0.25, 0.3) is 5.24 Å². The summed E-state index contributed by atoms with van der Waals surface area (Å²) in [7, 11) is 0. The molecule has 0 amide bonds. The summed E-state index contributed by atoms with van der Waals surface area (Å²) in [5.41, 5.74) is 1.44. The smallest absolute Gasteiger partial charge is 0.251 e. The van der Waals surface area contributed by atoms with Crippen LogP contribution in [0.2, 0.25) is 0 Å². The van der Waals surface area contributed by atoms with Crippen molar-refractivity contribution in [3.8, 4) is 0 Å². The van der Waals surface area contributed by atoms with Crippen LogP contribution in [0, 0.1) is 0 Å². The van der Waals surface area contributed by atoms with E-state index in [1.54, 1.807) is 0 Å². The van der Waals surface area contributed by atoms with Crippen LogP contribution in [0.1, 0.15) is 13.3 Å². The first-order valence-corrected chi connectivity index (χ1v) is 3.69. The average Bonchev–Trinajstić information content (AvgIpc) is 2.33. The lowest BCUT2D eigenvalue weighted by molar-refractivity contribution is -0.108. The molecular weight excluding hydrogens is 164 g/mol. The van der Waals surface area contributed by atoms with Crippen LogP contribution in [-0.4, -0.2) is 11.3 Å². The predicted octanol–water partition coefficient (Wildman–Crippen LogP) is 2.00. The minimum Gasteiger partial charge on any atom is -0.493 e. The van der Waals surface area contributed by atoms with E-state index in [2.05, 4.69) is 6.58 Å². The summed E-state index contributed by atoms with van der Waals surface area (Å²) in [6.45, 7) is 5.58. The molecule has 1 atom stereocenters. The minimum absolute atomic E-state index is 0.0623. The second-order valence-corrected chi connectivity index (χ2v) is 2.94. The summed E-state index contributed by atoms with van der Waals surface area (Å²) in [4.78, 5) is 10.6. The monoisotopic (exact) mass is 172 g/mol. The first-order chi connectivity index (χ1) is 5.11. The Morgan fingerprint density at radius 3 is 2.82 bits per heavy atom. The molecule has 1 rings (SSSR count). The summed E-state index contributed by atoms with van der Waals surface area (Å²) in [5.74, 6) is 0. The molecule has 0 saturated carbocycles. The summed E-state index contributed by atoms with van der Waals surface area (Å²) >= 11 is 5.24. The number of carbonyl (C=O) groups is 1. The molecule has 0 aromatic heterocycles. The Balaban J connectivity index is 2.56. The highest BCUT2D eigenvalue weighted by Gasteiger charge is 2.22. The van der Waals surface area contributed by atoms with Crippen LogP contribution >= 0.6 is 11.6 Å². The third-order valence-corrected chi connectivity index (χ3v) is 1.82. The fraction of sp³-hybridized carbons (Fsp3) is 0.375. The third-order valence-electron chi connectivity index (χ3n) is 1.58. The van der Waals surface area contributed by atoms with Gasteiger partial charge in [-0.3, -0.25) is 4.79 Å². The Morgan fingerprint density at radius 1 is 1.91 bits per heavy atom. The Hall–Kier alpha value is -0.760. The van der Waals surface area contributed by atoms with Crippen LogP contribution in [0.3, 0.4) is 0 Å². The van der Waals surface area contributed by atoms with E-state index >= 15 is 0 Å². The fourth-order valence-electron chi connectivity index (χ4n) is 0.877. The molecule has 1 aliphatic heterocycles. The van der Waals surface area contributed by atoms with Crippen LogP contribution in [-0.2, 0) is 9.53 Å². The van der Waals surface area contributed by atoms with E-state index in [4.69, 9.17) is 16.3 Å². The standard InChI is InChI=1S/C8H9ClO2/c1-5(2)7-3-6(4-11-7)8(9)10/h4,7H,1,3H2,2H3. The van der Waals surface area contributed by atoms with E-state index in [0.29, 0.717) is 12.0 Å². The maximum absolute atomic E-state index is 10.6. The summed E-state index contributed by atoms with van der Waals surface area (Å²) in [6.07, 6.45) is 1.90. The van der Waals surface area contributed by atoms with Crippen molar-refractivity contribution in [3.05, 3.63) is 24.0 Å². The fourth-order valence-corrected chi connectivity index (χ4v) is 0.999. The topological polar surface area (TPSA) is 26.3 Å². The van der Waals surface area contributed by atoms with Crippen molar-refractivity contribution in [1.82, 2.24) is 0 Å².